The number of nitrogens with one attached hydrogen (secondary N) is 1. The molecule has 1 N–H and O–H groups in total. The van der Waals surface area contributed by atoms with E-state index in [1.54, 1.807) is 24.3 Å². The summed E-state index contributed by atoms with van der Waals surface area (Å²) >= 11 is 5.80. The Balaban J connectivity index is 1.70. The lowest BCUT2D eigenvalue weighted by atomic mass is 10.1. The van der Waals surface area contributed by atoms with Crippen LogP contribution in [-0.2, 0) is 6.42 Å². The van der Waals surface area contributed by atoms with Crippen LogP contribution in [0, 0.1) is 10.1 Å². The monoisotopic (exact) mass is 396 g/mol. The number of rotatable bonds is 7. The highest BCUT2D eigenvalue weighted by molar-refractivity contribution is 6.32. The van der Waals surface area contributed by atoms with Gasteiger partial charge in [-0.1, -0.05) is 54.1 Å². The lowest BCUT2D eigenvalue weighted by molar-refractivity contribution is -0.384. The number of carbonyl (C=O) groups is 1. The number of benzene rings is 3. The SMILES string of the molecule is O=C(Nc1ccc(Cl)c([N+](=O)[O-])c1)c1ccccc1OCCc1ccccc1. The molecule has 0 bridgehead atoms. The minimum absolute atomic E-state index is 0.00708. The molecule has 0 heterocycles. The molecule has 0 fully saturated rings. The van der Waals surface area contributed by atoms with Crippen LogP contribution in [0.1, 0.15) is 15.9 Å². The minimum atomic E-state index is -0.599. The molecule has 0 atom stereocenters. The first-order valence-electron chi connectivity index (χ1n) is 8.55. The smallest absolute Gasteiger partial charge is 0.289 e. The van der Waals surface area contributed by atoms with Gasteiger partial charge in [0.2, 0.25) is 0 Å². The Morgan fingerprint density at radius 3 is 2.50 bits per heavy atom. The summed E-state index contributed by atoms with van der Waals surface area (Å²) in [4.78, 5) is 23.0. The second-order valence-electron chi connectivity index (χ2n) is 5.96. The number of anilines is 1. The van der Waals surface area contributed by atoms with Gasteiger partial charge in [0.25, 0.3) is 11.6 Å². The van der Waals surface area contributed by atoms with Crippen LogP contribution in [0.5, 0.6) is 5.75 Å². The Hall–Kier alpha value is -3.38. The maximum absolute atomic E-state index is 12.6. The number of nitrogens with zero attached hydrogens (tertiary/aromatic N) is 1. The van der Waals surface area contributed by atoms with Crippen molar-refractivity contribution in [3.8, 4) is 5.75 Å². The maximum atomic E-state index is 12.6. The molecule has 3 aromatic carbocycles. The lowest BCUT2D eigenvalue weighted by Gasteiger charge is -2.12. The van der Waals surface area contributed by atoms with Crippen LogP contribution in [0.2, 0.25) is 5.02 Å². The molecule has 0 saturated carbocycles. The third-order valence-electron chi connectivity index (χ3n) is 4.02. The molecule has 0 aliphatic rings. The fraction of sp³-hybridized carbons (Fsp3) is 0.0952. The van der Waals surface area contributed by atoms with E-state index < -0.39 is 10.8 Å². The molecule has 0 unspecified atom stereocenters. The van der Waals surface area contributed by atoms with Crippen LogP contribution < -0.4 is 10.1 Å². The molecule has 1 amide bonds. The van der Waals surface area contributed by atoms with Crippen LogP contribution in [0.4, 0.5) is 11.4 Å². The van der Waals surface area contributed by atoms with E-state index in [-0.39, 0.29) is 16.4 Å². The summed E-state index contributed by atoms with van der Waals surface area (Å²) in [5.41, 5.74) is 1.48. The number of ether oxygens (including phenoxy) is 1. The third kappa shape index (κ3) is 4.86. The van der Waals surface area contributed by atoms with Gasteiger partial charge in [0.15, 0.2) is 0 Å². The fourth-order valence-electron chi connectivity index (χ4n) is 2.63. The topological polar surface area (TPSA) is 81.5 Å². The molecule has 0 radical (unpaired) electrons. The molecule has 6 nitrogen and oxygen atoms in total. The van der Waals surface area contributed by atoms with Crippen molar-refractivity contribution in [2.45, 2.75) is 6.42 Å². The number of halogens is 1. The van der Waals surface area contributed by atoms with Crippen LogP contribution >= 0.6 is 11.6 Å². The predicted octanol–water partition coefficient (Wildman–Crippen LogP) is 5.12. The first-order valence-corrected chi connectivity index (χ1v) is 8.93. The van der Waals surface area contributed by atoms with Gasteiger partial charge in [0.05, 0.1) is 17.1 Å². The summed E-state index contributed by atoms with van der Waals surface area (Å²) in [6, 6.07) is 20.8. The zero-order valence-corrected chi connectivity index (χ0v) is 15.6. The van der Waals surface area contributed by atoms with Gasteiger partial charge in [0.1, 0.15) is 10.8 Å². The molecule has 7 heteroatoms. The van der Waals surface area contributed by atoms with Crippen molar-refractivity contribution >= 4 is 28.9 Å². The van der Waals surface area contributed by atoms with Crippen LogP contribution in [0.3, 0.4) is 0 Å². The second-order valence-corrected chi connectivity index (χ2v) is 6.36. The van der Waals surface area contributed by atoms with E-state index in [4.69, 9.17) is 16.3 Å². The van der Waals surface area contributed by atoms with E-state index in [0.29, 0.717) is 24.3 Å². The second kappa shape index (κ2) is 9.01. The molecular formula is C21H17ClN2O4. The third-order valence-corrected chi connectivity index (χ3v) is 4.34. The van der Waals surface area contributed by atoms with Gasteiger partial charge in [-0.15, -0.1) is 0 Å². The molecule has 142 valence electrons. The zero-order valence-electron chi connectivity index (χ0n) is 14.8. The number of nitro groups is 1. The van der Waals surface area contributed by atoms with Crippen LogP contribution in [-0.4, -0.2) is 17.4 Å². The number of amides is 1. The predicted molar refractivity (Wildman–Crippen MR) is 108 cm³/mol. The first kappa shape index (κ1) is 19.4. The quantitative estimate of drug-likeness (QED) is 0.443. The fourth-order valence-corrected chi connectivity index (χ4v) is 2.82. The number of para-hydroxylation sites is 1. The molecule has 0 saturated heterocycles. The Morgan fingerprint density at radius 2 is 1.75 bits per heavy atom. The average molecular weight is 397 g/mol. The van der Waals surface area contributed by atoms with Gasteiger partial charge < -0.3 is 10.1 Å². The van der Waals surface area contributed by atoms with Gasteiger partial charge in [-0.05, 0) is 29.8 Å². The molecule has 28 heavy (non-hydrogen) atoms. The first-order chi connectivity index (χ1) is 13.5. The summed E-state index contributed by atoms with van der Waals surface area (Å²) in [5, 5.41) is 13.7. The van der Waals surface area contributed by atoms with E-state index in [2.05, 4.69) is 5.32 Å². The summed E-state index contributed by atoms with van der Waals surface area (Å²) in [6.45, 7) is 0.417. The van der Waals surface area contributed by atoms with Gasteiger partial charge in [-0.25, -0.2) is 0 Å². The van der Waals surface area contributed by atoms with E-state index in [9.17, 15) is 14.9 Å². The van der Waals surface area contributed by atoms with Gasteiger partial charge in [-0.2, -0.15) is 0 Å². The Kier molecular flexibility index (Phi) is 6.24. The molecule has 0 aliphatic carbocycles. The standard InChI is InChI=1S/C21H17ClN2O4/c22-18-11-10-16(14-19(18)24(26)27)23-21(25)17-8-4-5-9-20(17)28-13-12-15-6-2-1-3-7-15/h1-11,14H,12-13H2,(H,23,25). The number of nitro benzene ring substituents is 1. The van der Waals surface area contributed by atoms with Gasteiger partial charge in [-0.3, -0.25) is 14.9 Å². The summed E-state index contributed by atoms with van der Waals surface area (Å²) in [5.74, 6) is 0.0197. The largest absolute Gasteiger partial charge is 0.492 e. The molecule has 0 spiro atoms. The van der Waals surface area contributed by atoms with Gasteiger partial charge in [0, 0.05) is 18.2 Å². The number of hydrogen-bond donors (Lipinski definition) is 1. The van der Waals surface area contributed by atoms with Gasteiger partial charge >= 0.3 is 0 Å². The Labute approximate surface area is 166 Å². The summed E-state index contributed by atoms with van der Waals surface area (Å²) < 4.78 is 5.79. The highest BCUT2D eigenvalue weighted by Gasteiger charge is 2.16. The van der Waals surface area contributed by atoms with Crippen LogP contribution in [0.15, 0.2) is 72.8 Å². The normalized spacial score (nSPS) is 10.3. The van der Waals surface area contributed by atoms with Crippen molar-refractivity contribution in [2.24, 2.45) is 0 Å². The highest BCUT2D eigenvalue weighted by Crippen LogP contribution is 2.28. The molecule has 3 aromatic rings. The zero-order chi connectivity index (χ0) is 19.9. The molecular weight excluding hydrogens is 380 g/mol. The highest BCUT2D eigenvalue weighted by atomic mass is 35.5. The van der Waals surface area contributed by atoms with E-state index in [1.807, 2.05) is 30.3 Å². The number of hydrogen-bond acceptors (Lipinski definition) is 4. The van der Waals surface area contributed by atoms with E-state index in [0.717, 1.165) is 5.56 Å². The van der Waals surface area contributed by atoms with E-state index >= 15 is 0 Å². The minimum Gasteiger partial charge on any atom is -0.492 e. The Bertz CT molecular complexity index is 993. The van der Waals surface area contributed by atoms with Crippen molar-refractivity contribution in [3.05, 3.63) is 99.1 Å². The summed E-state index contributed by atoms with van der Waals surface area (Å²) in [6.07, 6.45) is 0.709. The molecule has 3 rings (SSSR count). The summed E-state index contributed by atoms with van der Waals surface area (Å²) in [7, 11) is 0. The van der Waals surface area contributed by atoms with Crippen molar-refractivity contribution in [3.63, 3.8) is 0 Å². The van der Waals surface area contributed by atoms with Crippen molar-refractivity contribution in [1.82, 2.24) is 0 Å². The number of carbonyl (C=O) groups excluding carboxylic acids is 1. The maximum Gasteiger partial charge on any atom is 0.289 e. The molecule has 0 aromatic heterocycles. The van der Waals surface area contributed by atoms with Crippen LogP contribution in [0.25, 0.3) is 0 Å². The average Bonchev–Trinajstić information content (AvgIpc) is 2.70. The Morgan fingerprint density at radius 1 is 1.04 bits per heavy atom. The van der Waals surface area contributed by atoms with Crippen molar-refractivity contribution in [1.29, 1.82) is 0 Å². The van der Waals surface area contributed by atoms with E-state index in [1.165, 1.54) is 18.2 Å². The molecule has 0 aliphatic heterocycles. The van der Waals surface area contributed by atoms with Crippen molar-refractivity contribution in [2.75, 3.05) is 11.9 Å². The lowest BCUT2D eigenvalue weighted by Crippen LogP contribution is -2.14. The van der Waals surface area contributed by atoms with Crippen molar-refractivity contribution < 1.29 is 14.5 Å².